The summed E-state index contributed by atoms with van der Waals surface area (Å²) in [5.74, 6) is -0.502. The Balaban J connectivity index is 1.86. The third-order valence-electron chi connectivity index (χ3n) is 4.38. The molecule has 144 valence electrons. The van der Waals surface area contributed by atoms with Gasteiger partial charge in [-0.05, 0) is 51.0 Å². The first-order valence-electron chi connectivity index (χ1n) is 8.88. The minimum Gasteiger partial charge on any atom is -0.336 e. The monoisotopic (exact) mass is 386 g/mol. The topological polar surface area (TPSA) is 66.5 Å². The molecular formula is C21H26N2O3S. The van der Waals surface area contributed by atoms with Crippen LogP contribution in [-0.2, 0) is 9.59 Å². The van der Waals surface area contributed by atoms with E-state index in [2.05, 4.69) is 5.32 Å². The zero-order chi connectivity index (χ0) is 20.1. The number of likely N-dealkylation sites (N-methyl/N-ethyl adjacent to an activating group) is 1. The molecule has 0 bridgehead atoms. The van der Waals surface area contributed by atoms with Gasteiger partial charge in [0, 0.05) is 40.9 Å². The van der Waals surface area contributed by atoms with Gasteiger partial charge in [-0.1, -0.05) is 12.1 Å². The van der Waals surface area contributed by atoms with Crippen molar-refractivity contribution in [2.24, 2.45) is 0 Å². The summed E-state index contributed by atoms with van der Waals surface area (Å²) < 4.78 is 0. The SMILES string of the molecule is Cc1ccc(C)c(NC(=O)CN(C)C(=O)CCC(=O)c2cc(C)sc2C)c1. The summed E-state index contributed by atoms with van der Waals surface area (Å²) in [5.41, 5.74) is 3.47. The number of hydrogen-bond acceptors (Lipinski definition) is 4. The van der Waals surface area contributed by atoms with Crippen LogP contribution in [0.15, 0.2) is 24.3 Å². The van der Waals surface area contributed by atoms with Crippen molar-refractivity contribution in [2.75, 3.05) is 18.9 Å². The molecule has 0 spiro atoms. The number of carbonyl (C=O) groups excluding carboxylic acids is 3. The number of hydrogen-bond donors (Lipinski definition) is 1. The molecule has 0 fully saturated rings. The fourth-order valence-electron chi connectivity index (χ4n) is 2.82. The van der Waals surface area contributed by atoms with Gasteiger partial charge in [0.25, 0.3) is 0 Å². The van der Waals surface area contributed by atoms with Gasteiger partial charge in [0.15, 0.2) is 5.78 Å². The number of anilines is 1. The Morgan fingerprint density at radius 2 is 1.74 bits per heavy atom. The van der Waals surface area contributed by atoms with Gasteiger partial charge in [0.1, 0.15) is 0 Å². The Hall–Kier alpha value is -2.47. The normalized spacial score (nSPS) is 10.6. The summed E-state index contributed by atoms with van der Waals surface area (Å²) in [6, 6.07) is 7.70. The summed E-state index contributed by atoms with van der Waals surface area (Å²) in [7, 11) is 1.58. The molecule has 2 rings (SSSR count). The van der Waals surface area contributed by atoms with Gasteiger partial charge in [-0.25, -0.2) is 0 Å². The molecule has 0 atom stereocenters. The van der Waals surface area contributed by atoms with Crippen molar-refractivity contribution in [1.82, 2.24) is 4.90 Å². The molecule has 6 heteroatoms. The highest BCUT2D eigenvalue weighted by atomic mass is 32.1. The Labute approximate surface area is 164 Å². The van der Waals surface area contributed by atoms with Crippen LogP contribution in [0.2, 0.25) is 0 Å². The molecule has 0 saturated carbocycles. The number of carbonyl (C=O) groups is 3. The molecule has 5 nitrogen and oxygen atoms in total. The first-order valence-corrected chi connectivity index (χ1v) is 9.70. The van der Waals surface area contributed by atoms with Crippen molar-refractivity contribution >= 4 is 34.6 Å². The van der Waals surface area contributed by atoms with E-state index >= 15 is 0 Å². The van der Waals surface area contributed by atoms with E-state index in [4.69, 9.17) is 0 Å². The number of amides is 2. The highest BCUT2D eigenvalue weighted by Crippen LogP contribution is 2.22. The minimum atomic E-state index is -0.254. The average molecular weight is 387 g/mol. The van der Waals surface area contributed by atoms with E-state index in [0.717, 1.165) is 26.6 Å². The standard InChI is InChI=1S/C21H26N2O3S/c1-13-6-7-14(2)18(10-13)22-20(25)12-23(5)21(26)9-8-19(24)17-11-15(3)27-16(17)4/h6-7,10-11H,8-9,12H2,1-5H3,(H,22,25). The largest absolute Gasteiger partial charge is 0.336 e. The molecule has 0 unspecified atom stereocenters. The van der Waals surface area contributed by atoms with Crippen molar-refractivity contribution in [3.63, 3.8) is 0 Å². The van der Waals surface area contributed by atoms with Crippen LogP contribution in [0.4, 0.5) is 5.69 Å². The van der Waals surface area contributed by atoms with E-state index in [1.807, 2.05) is 52.0 Å². The van der Waals surface area contributed by atoms with Gasteiger partial charge in [-0.15, -0.1) is 11.3 Å². The first-order chi connectivity index (χ1) is 12.7. The van der Waals surface area contributed by atoms with Crippen LogP contribution in [0.25, 0.3) is 0 Å². The summed E-state index contributed by atoms with van der Waals surface area (Å²) in [5, 5.41) is 2.84. The number of rotatable bonds is 7. The van der Waals surface area contributed by atoms with Crippen molar-refractivity contribution < 1.29 is 14.4 Å². The summed E-state index contributed by atoms with van der Waals surface area (Å²) >= 11 is 1.58. The quantitative estimate of drug-likeness (QED) is 0.730. The maximum atomic E-state index is 12.3. The Kier molecular flexibility index (Phi) is 6.91. The summed E-state index contributed by atoms with van der Waals surface area (Å²) in [6.45, 7) is 7.71. The van der Waals surface area contributed by atoms with Crippen LogP contribution in [0.1, 0.15) is 44.1 Å². The molecule has 0 aliphatic carbocycles. The lowest BCUT2D eigenvalue weighted by Crippen LogP contribution is -2.35. The second kappa shape index (κ2) is 8.95. The van der Waals surface area contributed by atoms with E-state index < -0.39 is 0 Å². The number of benzene rings is 1. The van der Waals surface area contributed by atoms with Crippen molar-refractivity contribution in [1.29, 1.82) is 0 Å². The maximum absolute atomic E-state index is 12.3. The molecule has 2 amide bonds. The molecule has 2 aromatic rings. The highest BCUT2D eigenvalue weighted by Gasteiger charge is 2.17. The Morgan fingerprint density at radius 3 is 2.37 bits per heavy atom. The second-order valence-electron chi connectivity index (χ2n) is 6.87. The number of nitrogens with zero attached hydrogens (tertiary/aromatic N) is 1. The minimum absolute atomic E-state index is 0.0292. The third-order valence-corrected chi connectivity index (χ3v) is 5.35. The lowest BCUT2D eigenvalue weighted by atomic mass is 10.1. The van der Waals surface area contributed by atoms with Gasteiger partial charge in [0.05, 0.1) is 6.54 Å². The molecule has 0 saturated heterocycles. The number of Topliss-reactive ketones (excluding diaryl/α,β-unsaturated/α-hetero) is 1. The smallest absolute Gasteiger partial charge is 0.243 e. The second-order valence-corrected chi connectivity index (χ2v) is 8.33. The Morgan fingerprint density at radius 1 is 1.04 bits per heavy atom. The number of ketones is 1. The van der Waals surface area contributed by atoms with Crippen LogP contribution < -0.4 is 5.32 Å². The molecule has 1 N–H and O–H groups in total. The van der Waals surface area contributed by atoms with Crippen LogP contribution in [-0.4, -0.2) is 36.1 Å². The van der Waals surface area contributed by atoms with Crippen LogP contribution in [0.5, 0.6) is 0 Å². The first kappa shape index (κ1) is 20.8. The van der Waals surface area contributed by atoms with Crippen LogP contribution in [0, 0.1) is 27.7 Å². The predicted molar refractivity (Wildman–Crippen MR) is 110 cm³/mol. The van der Waals surface area contributed by atoms with E-state index in [-0.39, 0.29) is 37.0 Å². The zero-order valence-corrected chi connectivity index (χ0v) is 17.3. The molecular weight excluding hydrogens is 360 g/mol. The fraction of sp³-hybridized carbons (Fsp3) is 0.381. The van der Waals surface area contributed by atoms with Gasteiger partial charge >= 0.3 is 0 Å². The molecule has 1 heterocycles. The van der Waals surface area contributed by atoms with E-state index in [9.17, 15) is 14.4 Å². The number of aryl methyl sites for hydroxylation is 4. The van der Waals surface area contributed by atoms with Crippen molar-refractivity contribution in [3.05, 3.63) is 50.7 Å². The van der Waals surface area contributed by atoms with Gasteiger partial charge < -0.3 is 10.2 Å². The van der Waals surface area contributed by atoms with Gasteiger partial charge in [-0.2, -0.15) is 0 Å². The average Bonchev–Trinajstić information content (AvgIpc) is 2.93. The zero-order valence-electron chi connectivity index (χ0n) is 16.5. The summed E-state index contributed by atoms with van der Waals surface area (Å²) in [6.07, 6.45) is 0.249. The van der Waals surface area contributed by atoms with Crippen molar-refractivity contribution in [3.8, 4) is 0 Å². The number of nitrogens with one attached hydrogen (secondary N) is 1. The van der Waals surface area contributed by atoms with E-state index in [0.29, 0.717) is 5.56 Å². The third kappa shape index (κ3) is 5.76. The van der Waals surface area contributed by atoms with Crippen molar-refractivity contribution in [2.45, 2.75) is 40.5 Å². The van der Waals surface area contributed by atoms with Gasteiger partial charge in [-0.3, -0.25) is 14.4 Å². The molecule has 0 aliphatic rings. The van der Waals surface area contributed by atoms with Gasteiger partial charge in [0.2, 0.25) is 11.8 Å². The highest BCUT2D eigenvalue weighted by molar-refractivity contribution is 7.12. The molecule has 1 aromatic carbocycles. The van der Waals surface area contributed by atoms with Crippen LogP contribution in [0.3, 0.4) is 0 Å². The summed E-state index contributed by atoms with van der Waals surface area (Å²) in [4.78, 5) is 40.2. The molecule has 0 aliphatic heterocycles. The molecule has 27 heavy (non-hydrogen) atoms. The lowest BCUT2D eigenvalue weighted by Gasteiger charge is -2.17. The van der Waals surface area contributed by atoms with Crippen LogP contribution >= 0.6 is 11.3 Å². The predicted octanol–water partition coefficient (Wildman–Crippen LogP) is 4.04. The van der Waals surface area contributed by atoms with E-state index in [1.54, 1.807) is 18.4 Å². The maximum Gasteiger partial charge on any atom is 0.243 e. The van der Waals surface area contributed by atoms with E-state index in [1.165, 1.54) is 4.90 Å². The Bertz CT molecular complexity index is 870. The molecule has 1 aromatic heterocycles. The molecule has 0 radical (unpaired) electrons. The number of thiophene rings is 1. The lowest BCUT2D eigenvalue weighted by molar-refractivity contribution is -0.133. The fourth-order valence-corrected chi connectivity index (χ4v) is 3.76.